The van der Waals surface area contributed by atoms with Crippen molar-refractivity contribution in [2.24, 2.45) is 21.2 Å². The first kappa shape index (κ1) is 59.9. The lowest BCUT2D eigenvalue weighted by Gasteiger charge is -2.48. The number of aromatic hydroxyl groups is 2. The van der Waals surface area contributed by atoms with Crippen molar-refractivity contribution < 1.29 is 58.1 Å². The number of benzene rings is 4. The molecule has 3 aliphatic carbocycles. The molecule has 4 aromatic carbocycles. The van der Waals surface area contributed by atoms with Crippen LogP contribution in [0.2, 0.25) is 5.02 Å². The number of esters is 2. The van der Waals surface area contributed by atoms with E-state index in [-0.39, 0.29) is 51.1 Å². The van der Waals surface area contributed by atoms with Crippen molar-refractivity contribution in [3.05, 3.63) is 106 Å². The molecule has 11 aliphatic rings. The van der Waals surface area contributed by atoms with Crippen LogP contribution in [0.25, 0.3) is 0 Å². The van der Waals surface area contributed by atoms with E-state index in [0.29, 0.717) is 13.2 Å². The first-order valence-corrected chi connectivity index (χ1v) is 31.6. The van der Waals surface area contributed by atoms with Gasteiger partial charge in [-0.3, -0.25) is 29.2 Å². The molecule has 0 atom stereocenters. The van der Waals surface area contributed by atoms with E-state index in [2.05, 4.69) is 64.7 Å². The van der Waals surface area contributed by atoms with Crippen LogP contribution >= 0.6 is 27.5 Å². The average Bonchev–Trinajstić information content (AvgIpc) is 3.53. The summed E-state index contributed by atoms with van der Waals surface area (Å²) in [6.45, 7) is 12.6. The quantitative estimate of drug-likeness (QED) is 0.0771. The molecule has 4 saturated heterocycles. The van der Waals surface area contributed by atoms with Crippen molar-refractivity contribution >= 4 is 51.3 Å². The second-order valence-corrected chi connectivity index (χ2v) is 26.3. The van der Waals surface area contributed by atoms with Crippen LogP contribution in [0.5, 0.6) is 34.5 Å². The maximum atomic E-state index is 11.8. The summed E-state index contributed by atoms with van der Waals surface area (Å²) in [7, 11) is 2.90. The number of carbonyl (C=O) groups excluding carboxylic acids is 2. The fraction of sp³-hybridized carbons (Fsp3) is 0.569. The van der Waals surface area contributed by atoms with Gasteiger partial charge in [-0.25, -0.2) is 0 Å². The maximum absolute atomic E-state index is 11.8. The summed E-state index contributed by atoms with van der Waals surface area (Å²) in [6, 6.07) is 22.7. The molecule has 452 valence electrons. The third-order valence-corrected chi connectivity index (χ3v) is 20.1. The number of nitrogens with one attached hydrogen (secondary N) is 1. The van der Waals surface area contributed by atoms with Gasteiger partial charge in [-0.15, -0.1) is 0 Å². The molecule has 7 fully saturated rings. The fourth-order valence-corrected chi connectivity index (χ4v) is 14.2. The third-order valence-electron chi connectivity index (χ3n) is 18.7. The van der Waals surface area contributed by atoms with Crippen LogP contribution in [0.4, 0.5) is 0 Å². The second-order valence-electron chi connectivity index (χ2n) is 25.4. The molecule has 4 N–H and O–H groups in total. The summed E-state index contributed by atoms with van der Waals surface area (Å²) < 4.78 is 33.7. The number of alkyl halides is 1. The van der Waals surface area contributed by atoms with Gasteiger partial charge in [0, 0.05) is 132 Å². The van der Waals surface area contributed by atoms with Crippen molar-refractivity contribution in [3.63, 3.8) is 0 Å². The Morgan fingerprint density at radius 1 is 0.679 bits per heavy atom. The molecular formula is C65H81BrClN5O12. The average molecular weight is 1240 g/mol. The van der Waals surface area contributed by atoms with Gasteiger partial charge >= 0.3 is 17.9 Å². The summed E-state index contributed by atoms with van der Waals surface area (Å²) in [4.78, 5) is 45.6. The zero-order valence-electron chi connectivity index (χ0n) is 48.8. The highest BCUT2D eigenvalue weighted by atomic mass is 79.9. The number of likely N-dealkylation sites (tertiary alicyclic amines) is 2. The standard InChI is InChI=1S/C24H26ClNO4.C16H19NO4.C10H11NO2.C9H16N2.C6H9BrO2/c1-2-16-4-3-5-20(25)19(16)12-29-18-7-6-17-11-24(30-21(17)10-18)14-26(15-24)13-23(8-9-23)22(27)28;1-20-14(19)15(4-5-15)8-17-9-16(10-17)7-11-2-3-12(18)6-13(11)21-16;12-8-2-1-7-4-10(5-11-6-10)13-9(7)3-8;1-2-5-9-10-6-4-8-11(9)7-3-1;1-9-5(8)6(4-7)2-3-6/h3-7,10H,2,8-9,11-15H2,1H3,(H,27,28);2-3,6,18H,4-5,7-10H2,1H3;1-3,11-12H,4-6H2;1-8H2;2-4H2,1H3. The number of ether oxygens (including phenoxy) is 6. The molecule has 0 aromatic heterocycles. The number of carbonyl (C=O) groups is 3. The zero-order valence-corrected chi connectivity index (χ0v) is 51.1. The Hall–Kier alpha value is -5.79. The molecule has 3 spiro atoms. The predicted molar refractivity (Wildman–Crippen MR) is 322 cm³/mol. The van der Waals surface area contributed by atoms with Gasteiger partial charge in [-0.1, -0.05) is 71.2 Å². The number of carboxylic acids is 1. The molecule has 15 rings (SSSR count). The van der Waals surface area contributed by atoms with Crippen LogP contribution in [-0.4, -0.2) is 162 Å². The Morgan fingerprint density at radius 3 is 1.74 bits per heavy atom. The van der Waals surface area contributed by atoms with Gasteiger partial charge in [-0.05, 0) is 111 Å². The number of aliphatic imine (C=N–C) groups is 1. The maximum Gasteiger partial charge on any atom is 0.313 e. The number of hydrogen-bond donors (Lipinski definition) is 4. The third kappa shape index (κ3) is 13.1. The molecule has 0 radical (unpaired) electrons. The molecule has 19 heteroatoms. The first-order valence-electron chi connectivity index (χ1n) is 30.1. The number of phenols is 2. The zero-order chi connectivity index (χ0) is 58.9. The Bertz CT molecular complexity index is 3110. The lowest BCUT2D eigenvalue weighted by molar-refractivity contribution is -0.150. The number of amidine groups is 1. The molecule has 84 heavy (non-hydrogen) atoms. The number of methoxy groups -OCH3 is 2. The summed E-state index contributed by atoms with van der Waals surface area (Å²) in [5, 5.41) is 32.9. The van der Waals surface area contributed by atoms with Crippen LogP contribution in [0.1, 0.15) is 105 Å². The minimum atomic E-state index is -0.661. The van der Waals surface area contributed by atoms with Gasteiger partial charge in [0.1, 0.15) is 57.9 Å². The van der Waals surface area contributed by atoms with E-state index in [1.165, 1.54) is 81.9 Å². The van der Waals surface area contributed by atoms with Crippen molar-refractivity contribution in [1.29, 1.82) is 0 Å². The van der Waals surface area contributed by atoms with Gasteiger partial charge in [-0.2, -0.15) is 0 Å². The van der Waals surface area contributed by atoms with Gasteiger partial charge < -0.3 is 54.0 Å². The Labute approximate surface area is 506 Å². The molecule has 0 bridgehead atoms. The number of nitrogens with zero attached hydrogens (tertiary/aromatic N) is 4. The van der Waals surface area contributed by atoms with Gasteiger partial charge in [0.15, 0.2) is 0 Å². The van der Waals surface area contributed by atoms with Crippen molar-refractivity contribution in [3.8, 4) is 34.5 Å². The summed E-state index contributed by atoms with van der Waals surface area (Å²) in [5.74, 6) is 4.40. The predicted octanol–water partition coefficient (Wildman–Crippen LogP) is 9.34. The fourth-order valence-electron chi connectivity index (χ4n) is 13.2. The Morgan fingerprint density at radius 2 is 1.21 bits per heavy atom. The number of fused-ring (bicyclic) bond motifs is 4. The van der Waals surface area contributed by atoms with Crippen molar-refractivity contribution in [2.45, 2.75) is 127 Å². The van der Waals surface area contributed by atoms with Gasteiger partial charge in [0.05, 0.1) is 36.3 Å². The smallest absolute Gasteiger partial charge is 0.313 e. The minimum Gasteiger partial charge on any atom is -0.508 e. The monoisotopic (exact) mass is 1240 g/mol. The van der Waals surface area contributed by atoms with Gasteiger partial charge in [0.2, 0.25) is 0 Å². The molecule has 8 aliphatic heterocycles. The highest BCUT2D eigenvalue weighted by molar-refractivity contribution is 9.09. The van der Waals surface area contributed by atoms with Crippen LogP contribution in [0, 0.1) is 16.2 Å². The van der Waals surface area contributed by atoms with E-state index in [1.54, 1.807) is 24.3 Å². The molecule has 0 amide bonds. The Kier molecular flexibility index (Phi) is 17.5. The van der Waals surface area contributed by atoms with Crippen molar-refractivity contribution in [1.82, 2.24) is 20.0 Å². The number of aliphatic carboxylic acids is 1. The number of hydrogen-bond acceptors (Lipinski definition) is 16. The molecular weight excluding hydrogens is 1160 g/mol. The molecule has 4 aromatic rings. The lowest BCUT2D eigenvalue weighted by Crippen LogP contribution is -2.65. The minimum absolute atomic E-state index is 0.00384. The summed E-state index contributed by atoms with van der Waals surface area (Å²) in [5.41, 5.74) is 4.48. The molecule has 17 nitrogen and oxygen atoms in total. The molecule has 0 unspecified atom stereocenters. The highest BCUT2D eigenvalue weighted by Crippen LogP contribution is 2.52. The van der Waals surface area contributed by atoms with E-state index in [0.717, 1.165) is 161 Å². The second kappa shape index (κ2) is 24.5. The van der Waals surface area contributed by atoms with E-state index in [4.69, 9.17) is 35.3 Å². The largest absolute Gasteiger partial charge is 0.508 e. The van der Waals surface area contributed by atoms with E-state index in [9.17, 15) is 29.7 Å². The number of rotatable bonds is 12. The van der Waals surface area contributed by atoms with Crippen LogP contribution in [0.15, 0.2) is 77.8 Å². The highest BCUT2D eigenvalue weighted by Gasteiger charge is 2.58. The van der Waals surface area contributed by atoms with Crippen LogP contribution < -0.4 is 24.3 Å². The molecule has 3 saturated carbocycles. The molecule has 8 heterocycles. The number of halogens is 2. The van der Waals surface area contributed by atoms with Gasteiger partial charge in [0.25, 0.3) is 0 Å². The number of phenolic OH excluding ortho intramolecular Hbond substituents is 2. The van der Waals surface area contributed by atoms with Crippen molar-refractivity contribution in [2.75, 3.05) is 91.5 Å². The van der Waals surface area contributed by atoms with E-state index >= 15 is 0 Å². The summed E-state index contributed by atoms with van der Waals surface area (Å²) in [6.07, 6.45) is 15.6. The topological polar surface area (TPSA) is 201 Å². The first-order chi connectivity index (χ1) is 40.4. The summed E-state index contributed by atoms with van der Waals surface area (Å²) >= 11 is 9.64. The SMILES string of the molecule is C1CCC2=NCCCN2CC1.CCc1cccc(Cl)c1COc1ccc2c(c1)OC1(C2)CN(CC2(C(=O)O)CC2)C1.COC(=O)C1(CBr)CC1.COC(=O)C1(CN2CC3(Cc4ccc(O)cc4O3)C2)CC1.Oc1ccc2c(c1)OC1(CNC1)C2. The Balaban J connectivity index is 0.000000118. The van der Waals surface area contributed by atoms with Crippen LogP contribution in [-0.2, 0) is 56.1 Å². The van der Waals surface area contributed by atoms with E-state index in [1.807, 2.05) is 36.4 Å². The van der Waals surface area contributed by atoms with Crippen LogP contribution in [0.3, 0.4) is 0 Å². The number of carboxylic acid groups (broad SMARTS) is 1. The number of aryl methyl sites for hydroxylation is 1. The lowest BCUT2D eigenvalue weighted by atomic mass is 9.87. The normalized spacial score (nSPS) is 22.3. The van der Waals surface area contributed by atoms with E-state index < -0.39 is 11.4 Å².